The van der Waals surface area contributed by atoms with Crippen LogP contribution in [0.3, 0.4) is 0 Å². The van der Waals surface area contributed by atoms with Gasteiger partial charge in [0.25, 0.3) is 0 Å². The Kier molecular flexibility index (Phi) is 5.02. The fourth-order valence-electron chi connectivity index (χ4n) is 5.50. The maximum Gasteiger partial charge on any atom is 0.164 e. The molecule has 0 fully saturated rings. The molecular weight excluding hydrogens is 506 g/mol. The standard InChI is InChI=1S/C35H21N5O/c36-28-17-15-21-12-10-20-11-13-23(18-27(20)31(21)32(28)37)34-38-33(22-6-2-1-3-7-22)39-35(40-34)24-14-16-26-25-8-4-5-9-29(25)41-30(26)19-24/h1-19,36-37H. The van der Waals surface area contributed by atoms with Crippen LogP contribution in [-0.2, 0) is 0 Å². The summed E-state index contributed by atoms with van der Waals surface area (Å²) in [6, 6.07) is 34.0. The Morgan fingerprint density at radius 2 is 1.17 bits per heavy atom. The van der Waals surface area contributed by atoms with Crippen molar-refractivity contribution in [3.05, 3.63) is 120 Å². The van der Waals surface area contributed by atoms with Gasteiger partial charge in [-0.1, -0.05) is 84.9 Å². The smallest absolute Gasteiger partial charge is 0.164 e. The summed E-state index contributed by atoms with van der Waals surface area (Å²) in [4.78, 5) is 14.7. The van der Waals surface area contributed by atoms with E-state index in [2.05, 4.69) is 12.1 Å². The molecule has 0 saturated heterocycles. The number of para-hydroxylation sites is 1. The molecule has 2 heterocycles. The van der Waals surface area contributed by atoms with Crippen molar-refractivity contribution in [3.8, 4) is 34.2 Å². The summed E-state index contributed by atoms with van der Waals surface area (Å²) in [7, 11) is 0. The number of furan rings is 1. The van der Waals surface area contributed by atoms with Crippen LogP contribution in [0.25, 0.3) is 73.0 Å². The fraction of sp³-hybridized carbons (Fsp3) is 0. The Balaban J connectivity index is 1.34. The quantitative estimate of drug-likeness (QED) is 0.241. The molecule has 5 aromatic carbocycles. The third-order valence-corrected chi connectivity index (χ3v) is 7.57. The van der Waals surface area contributed by atoms with Gasteiger partial charge < -0.3 is 4.42 Å². The van der Waals surface area contributed by atoms with Crippen molar-refractivity contribution < 1.29 is 4.42 Å². The Morgan fingerprint density at radius 3 is 2.00 bits per heavy atom. The largest absolute Gasteiger partial charge is 0.456 e. The van der Waals surface area contributed by atoms with E-state index in [1.54, 1.807) is 6.08 Å². The zero-order chi connectivity index (χ0) is 27.5. The molecule has 0 spiro atoms. The summed E-state index contributed by atoms with van der Waals surface area (Å²) >= 11 is 0. The maximum absolute atomic E-state index is 8.61. The predicted molar refractivity (Wildman–Crippen MR) is 165 cm³/mol. The van der Waals surface area contributed by atoms with Gasteiger partial charge in [0.05, 0.1) is 11.4 Å². The van der Waals surface area contributed by atoms with Crippen LogP contribution in [0.1, 0.15) is 11.1 Å². The van der Waals surface area contributed by atoms with E-state index in [1.807, 2.05) is 97.1 Å². The predicted octanol–water partition coefficient (Wildman–Crippen LogP) is 8.34. The normalized spacial score (nSPS) is 12.9. The summed E-state index contributed by atoms with van der Waals surface area (Å²) < 4.78 is 6.15. The van der Waals surface area contributed by atoms with Crippen LogP contribution >= 0.6 is 0 Å². The molecule has 0 radical (unpaired) electrons. The van der Waals surface area contributed by atoms with E-state index in [-0.39, 0.29) is 11.4 Å². The second-order valence-electron chi connectivity index (χ2n) is 10.1. The molecule has 1 aliphatic rings. The second-order valence-corrected chi connectivity index (χ2v) is 10.1. The van der Waals surface area contributed by atoms with Crippen molar-refractivity contribution in [3.63, 3.8) is 0 Å². The maximum atomic E-state index is 8.61. The Bertz CT molecular complexity index is 2250. The first-order chi connectivity index (χ1) is 20.1. The van der Waals surface area contributed by atoms with Gasteiger partial charge in [-0.05, 0) is 46.7 Å². The molecule has 2 N–H and O–H groups in total. The van der Waals surface area contributed by atoms with Crippen LogP contribution in [-0.4, -0.2) is 26.4 Å². The third-order valence-electron chi connectivity index (χ3n) is 7.57. The lowest BCUT2D eigenvalue weighted by Crippen LogP contribution is -2.16. The summed E-state index contributed by atoms with van der Waals surface area (Å²) in [5.41, 5.74) is 6.24. The number of benzene rings is 5. The molecule has 6 nitrogen and oxygen atoms in total. The van der Waals surface area contributed by atoms with Gasteiger partial charge in [0.15, 0.2) is 17.5 Å². The number of hydrogen-bond donors (Lipinski definition) is 2. The molecule has 1 aliphatic carbocycles. The number of nitrogens with one attached hydrogen (secondary N) is 2. The highest BCUT2D eigenvalue weighted by Crippen LogP contribution is 2.34. The van der Waals surface area contributed by atoms with Gasteiger partial charge in [-0.3, -0.25) is 10.8 Å². The third kappa shape index (κ3) is 3.77. The van der Waals surface area contributed by atoms with Crippen molar-refractivity contribution in [1.82, 2.24) is 15.0 Å². The van der Waals surface area contributed by atoms with E-state index in [4.69, 9.17) is 30.2 Å². The second kappa shape index (κ2) is 8.89. The average molecular weight is 528 g/mol. The van der Waals surface area contributed by atoms with Gasteiger partial charge in [0.2, 0.25) is 0 Å². The first kappa shape index (κ1) is 23.2. The number of rotatable bonds is 3. The van der Waals surface area contributed by atoms with Crippen LogP contribution in [0.4, 0.5) is 0 Å². The SMILES string of the molecule is N=C1C=Cc2ccc3ccc(-c4nc(-c5ccccc5)nc(-c5ccc6c(c5)oc5ccccc56)n4)cc3c2C1=N. The molecule has 0 saturated carbocycles. The van der Waals surface area contributed by atoms with Crippen molar-refractivity contribution in [1.29, 1.82) is 10.8 Å². The van der Waals surface area contributed by atoms with Crippen LogP contribution in [0.2, 0.25) is 0 Å². The van der Waals surface area contributed by atoms with Gasteiger partial charge in [0, 0.05) is 33.0 Å². The number of allylic oxidation sites excluding steroid dienone is 1. The Hall–Kier alpha value is -5.75. The highest BCUT2D eigenvalue weighted by atomic mass is 16.3. The lowest BCUT2D eigenvalue weighted by atomic mass is 9.89. The van der Waals surface area contributed by atoms with Crippen LogP contribution in [0.15, 0.2) is 114 Å². The topological polar surface area (TPSA) is 99.5 Å². The molecular formula is C35H21N5O. The molecule has 0 bridgehead atoms. The number of nitrogens with zero attached hydrogens (tertiary/aromatic N) is 3. The summed E-state index contributed by atoms with van der Waals surface area (Å²) in [6.45, 7) is 0. The lowest BCUT2D eigenvalue weighted by Gasteiger charge is -2.16. The molecule has 0 aliphatic heterocycles. The van der Waals surface area contributed by atoms with Crippen molar-refractivity contribution in [2.24, 2.45) is 0 Å². The van der Waals surface area contributed by atoms with Gasteiger partial charge in [0.1, 0.15) is 11.2 Å². The van der Waals surface area contributed by atoms with Crippen molar-refractivity contribution in [2.75, 3.05) is 0 Å². The van der Waals surface area contributed by atoms with Crippen molar-refractivity contribution >= 4 is 50.2 Å². The van der Waals surface area contributed by atoms with Gasteiger partial charge in [-0.25, -0.2) is 15.0 Å². The van der Waals surface area contributed by atoms with E-state index < -0.39 is 0 Å². The Labute approximate surface area is 234 Å². The number of hydrogen-bond acceptors (Lipinski definition) is 6. The fourth-order valence-corrected chi connectivity index (χ4v) is 5.50. The van der Waals surface area contributed by atoms with Crippen LogP contribution in [0, 0.1) is 10.8 Å². The van der Waals surface area contributed by atoms with Crippen molar-refractivity contribution in [2.45, 2.75) is 0 Å². The Morgan fingerprint density at radius 1 is 0.512 bits per heavy atom. The summed E-state index contributed by atoms with van der Waals surface area (Å²) in [5.74, 6) is 1.65. The molecule has 0 unspecified atom stereocenters. The minimum Gasteiger partial charge on any atom is -0.456 e. The molecule has 2 aromatic heterocycles. The molecule has 6 heteroatoms. The van der Waals surface area contributed by atoms with Crippen LogP contribution in [0.5, 0.6) is 0 Å². The molecule has 8 rings (SSSR count). The van der Waals surface area contributed by atoms with E-state index in [0.29, 0.717) is 17.5 Å². The van der Waals surface area contributed by atoms with E-state index >= 15 is 0 Å². The number of fused-ring (bicyclic) bond motifs is 6. The van der Waals surface area contributed by atoms with E-state index in [9.17, 15) is 0 Å². The minimum atomic E-state index is 0.199. The minimum absolute atomic E-state index is 0.199. The number of aromatic nitrogens is 3. The highest BCUT2D eigenvalue weighted by Gasteiger charge is 2.19. The molecule has 0 amide bonds. The van der Waals surface area contributed by atoms with Gasteiger partial charge in [-0.2, -0.15) is 0 Å². The average Bonchev–Trinajstić information content (AvgIpc) is 3.40. The first-order valence-electron chi connectivity index (χ1n) is 13.3. The monoisotopic (exact) mass is 527 g/mol. The molecule has 41 heavy (non-hydrogen) atoms. The molecule has 0 atom stereocenters. The zero-order valence-corrected chi connectivity index (χ0v) is 21.7. The van der Waals surface area contributed by atoms with E-state index in [0.717, 1.165) is 60.5 Å². The van der Waals surface area contributed by atoms with Crippen LogP contribution < -0.4 is 0 Å². The highest BCUT2D eigenvalue weighted by molar-refractivity contribution is 6.53. The summed E-state index contributed by atoms with van der Waals surface area (Å²) in [5, 5.41) is 20.8. The van der Waals surface area contributed by atoms with E-state index in [1.165, 1.54) is 0 Å². The zero-order valence-electron chi connectivity index (χ0n) is 21.7. The van der Waals surface area contributed by atoms with Gasteiger partial charge >= 0.3 is 0 Å². The molecule has 192 valence electrons. The summed E-state index contributed by atoms with van der Waals surface area (Å²) in [6.07, 6.45) is 3.56. The lowest BCUT2D eigenvalue weighted by molar-refractivity contribution is 0.669. The van der Waals surface area contributed by atoms with Gasteiger partial charge in [-0.15, -0.1) is 0 Å². The first-order valence-corrected chi connectivity index (χ1v) is 13.3. The molecule has 7 aromatic rings.